The molecule has 0 saturated carbocycles. The van der Waals surface area contributed by atoms with Gasteiger partial charge < -0.3 is 19.1 Å². The minimum Gasteiger partial charge on any atom is -0.490 e. The van der Waals surface area contributed by atoms with E-state index in [-0.39, 0.29) is 5.91 Å². The summed E-state index contributed by atoms with van der Waals surface area (Å²) in [6.45, 7) is 7.27. The Morgan fingerprint density at radius 2 is 1.72 bits per heavy atom. The molecule has 0 unspecified atom stereocenters. The Bertz CT molecular complexity index is 1110. The molecule has 3 aromatic rings. The molecule has 7 nitrogen and oxygen atoms in total. The van der Waals surface area contributed by atoms with Gasteiger partial charge >= 0.3 is 0 Å². The van der Waals surface area contributed by atoms with Gasteiger partial charge in [0.05, 0.1) is 6.61 Å². The number of para-hydroxylation sites is 1. The number of carbonyl (C=O) groups excluding carboxylic acids is 1. The fraction of sp³-hybridized carbons (Fsp3) is 0.310. The lowest BCUT2D eigenvalue weighted by atomic mass is 10.1. The zero-order valence-electron chi connectivity index (χ0n) is 20.7. The van der Waals surface area contributed by atoms with E-state index in [1.165, 1.54) is 5.56 Å². The quantitative estimate of drug-likeness (QED) is 0.297. The van der Waals surface area contributed by atoms with Crippen LogP contribution in [0, 0.1) is 0 Å². The standard InChI is InChI=1S/C29H33N3O4/c1-2-34-28-21-24(10-12-27(28)36-20-19-35-26-8-4-3-5-9-26)11-13-29(33)32-17-15-31(16-18-32)23-25-7-6-14-30-22-25/h3-14,21-22H,2,15-20,23H2,1H3/b13-11+. The van der Waals surface area contributed by atoms with Crippen LogP contribution in [0.4, 0.5) is 0 Å². The topological polar surface area (TPSA) is 64.1 Å². The number of amides is 1. The molecule has 1 amide bonds. The number of aromatic nitrogens is 1. The molecule has 2 aromatic carbocycles. The molecule has 0 atom stereocenters. The number of benzene rings is 2. The van der Waals surface area contributed by atoms with Gasteiger partial charge in [0.25, 0.3) is 0 Å². The lowest BCUT2D eigenvalue weighted by Gasteiger charge is -2.34. The van der Waals surface area contributed by atoms with Crippen LogP contribution in [0.2, 0.25) is 0 Å². The number of rotatable bonds is 11. The van der Waals surface area contributed by atoms with Crippen molar-refractivity contribution < 1.29 is 19.0 Å². The lowest BCUT2D eigenvalue weighted by Crippen LogP contribution is -2.47. The Morgan fingerprint density at radius 3 is 2.47 bits per heavy atom. The van der Waals surface area contributed by atoms with Crippen LogP contribution in [0.25, 0.3) is 6.08 Å². The average Bonchev–Trinajstić information content (AvgIpc) is 2.92. The second kappa shape index (κ2) is 13.3. The molecule has 2 heterocycles. The number of nitrogens with zero attached hydrogens (tertiary/aromatic N) is 3. The summed E-state index contributed by atoms with van der Waals surface area (Å²) in [7, 11) is 0. The van der Waals surface area contributed by atoms with Crippen LogP contribution in [0.3, 0.4) is 0 Å². The van der Waals surface area contributed by atoms with Crippen molar-refractivity contribution in [1.82, 2.24) is 14.8 Å². The van der Waals surface area contributed by atoms with E-state index in [1.807, 2.05) is 78.7 Å². The van der Waals surface area contributed by atoms with Crippen LogP contribution in [-0.4, -0.2) is 66.7 Å². The summed E-state index contributed by atoms with van der Waals surface area (Å²) in [4.78, 5) is 21.2. The van der Waals surface area contributed by atoms with Gasteiger partial charge in [0, 0.05) is 51.2 Å². The number of carbonyl (C=O) groups is 1. The lowest BCUT2D eigenvalue weighted by molar-refractivity contribution is -0.127. The highest BCUT2D eigenvalue weighted by Crippen LogP contribution is 2.29. The third-order valence-corrected chi connectivity index (χ3v) is 5.85. The number of piperazine rings is 1. The second-order valence-corrected chi connectivity index (χ2v) is 8.45. The van der Waals surface area contributed by atoms with E-state index in [0.29, 0.717) is 44.4 Å². The van der Waals surface area contributed by atoms with Crippen molar-refractivity contribution in [3.8, 4) is 17.2 Å². The number of hydrogen-bond acceptors (Lipinski definition) is 6. The first-order chi connectivity index (χ1) is 17.7. The first kappa shape index (κ1) is 25.3. The molecule has 0 spiro atoms. The van der Waals surface area contributed by atoms with Gasteiger partial charge in [-0.15, -0.1) is 0 Å². The third-order valence-electron chi connectivity index (χ3n) is 5.85. The predicted molar refractivity (Wildman–Crippen MR) is 140 cm³/mol. The summed E-state index contributed by atoms with van der Waals surface area (Å²) in [5.74, 6) is 2.14. The van der Waals surface area contributed by atoms with Crippen molar-refractivity contribution >= 4 is 12.0 Å². The SMILES string of the molecule is CCOc1cc(/C=C/C(=O)N2CCN(Cc3cccnc3)CC2)ccc1OCCOc1ccccc1. The van der Waals surface area contributed by atoms with Crippen molar-refractivity contribution in [3.63, 3.8) is 0 Å². The molecule has 0 radical (unpaired) electrons. The Kier molecular flexibility index (Phi) is 9.33. The first-order valence-electron chi connectivity index (χ1n) is 12.4. The Labute approximate surface area is 212 Å². The summed E-state index contributed by atoms with van der Waals surface area (Å²) in [6.07, 6.45) is 7.14. The maximum Gasteiger partial charge on any atom is 0.246 e. The van der Waals surface area contributed by atoms with Gasteiger partial charge in [-0.05, 0) is 54.5 Å². The zero-order chi connectivity index (χ0) is 25.0. The molecule has 7 heteroatoms. The molecule has 36 heavy (non-hydrogen) atoms. The van der Waals surface area contributed by atoms with E-state index in [2.05, 4.69) is 16.0 Å². The van der Waals surface area contributed by atoms with Crippen LogP contribution < -0.4 is 14.2 Å². The fourth-order valence-corrected chi connectivity index (χ4v) is 3.99. The molecular weight excluding hydrogens is 454 g/mol. The highest BCUT2D eigenvalue weighted by atomic mass is 16.5. The average molecular weight is 488 g/mol. The van der Waals surface area contributed by atoms with Crippen molar-refractivity contribution in [2.45, 2.75) is 13.5 Å². The van der Waals surface area contributed by atoms with Gasteiger partial charge in [0.2, 0.25) is 5.91 Å². The van der Waals surface area contributed by atoms with Crippen LogP contribution >= 0.6 is 0 Å². The largest absolute Gasteiger partial charge is 0.490 e. The summed E-state index contributed by atoms with van der Waals surface area (Å²) >= 11 is 0. The molecule has 0 bridgehead atoms. The van der Waals surface area contributed by atoms with E-state index in [1.54, 1.807) is 12.3 Å². The minimum absolute atomic E-state index is 0.0207. The monoisotopic (exact) mass is 487 g/mol. The Morgan fingerprint density at radius 1 is 0.917 bits per heavy atom. The van der Waals surface area contributed by atoms with Crippen LogP contribution in [-0.2, 0) is 11.3 Å². The highest BCUT2D eigenvalue weighted by molar-refractivity contribution is 5.92. The van der Waals surface area contributed by atoms with Crippen LogP contribution in [0.15, 0.2) is 79.1 Å². The summed E-state index contributed by atoms with van der Waals surface area (Å²) < 4.78 is 17.3. The molecule has 188 valence electrons. The van der Waals surface area contributed by atoms with Gasteiger partial charge in [-0.1, -0.05) is 30.3 Å². The maximum atomic E-state index is 12.7. The smallest absolute Gasteiger partial charge is 0.246 e. The van der Waals surface area contributed by atoms with Crippen LogP contribution in [0.1, 0.15) is 18.1 Å². The predicted octanol–water partition coefficient (Wildman–Crippen LogP) is 4.30. The Balaban J connectivity index is 1.26. The van der Waals surface area contributed by atoms with Crippen molar-refractivity contribution in [2.75, 3.05) is 46.0 Å². The van der Waals surface area contributed by atoms with E-state index >= 15 is 0 Å². The number of ether oxygens (including phenoxy) is 3. The molecule has 1 fully saturated rings. The molecule has 1 aliphatic heterocycles. The van der Waals surface area contributed by atoms with Crippen molar-refractivity contribution in [3.05, 3.63) is 90.3 Å². The fourth-order valence-electron chi connectivity index (χ4n) is 3.99. The third kappa shape index (κ3) is 7.58. The molecule has 1 aromatic heterocycles. The van der Waals surface area contributed by atoms with E-state index < -0.39 is 0 Å². The number of hydrogen-bond donors (Lipinski definition) is 0. The van der Waals surface area contributed by atoms with Gasteiger partial charge in [-0.25, -0.2) is 0 Å². The first-order valence-corrected chi connectivity index (χ1v) is 12.4. The van der Waals surface area contributed by atoms with E-state index in [4.69, 9.17) is 14.2 Å². The van der Waals surface area contributed by atoms with E-state index in [0.717, 1.165) is 30.9 Å². The van der Waals surface area contributed by atoms with Gasteiger partial charge in [-0.3, -0.25) is 14.7 Å². The maximum absolute atomic E-state index is 12.7. The van der Waals surface area contributed by atoms with Gasteiger partial charge in [-0.2, -0.15) is 0 Å². The summed E-state index contributed by atoms with van der Waals surface area (Å²) in [5, 5.41) is 0. The van der Waals surface area contributed by atoms with E-state index in [9.17, 15) is 4.79 Å². The van der Waals surface area contributed by atoms with Crippen LogP contribution in [0.5, 0.6) is 17.2 Å². The van der Waals surface area contributed by atoms with Crippen molar-refractivity contribution in [1.29, 1.82) is 0 Å². The zero-order valence-corrected chi connectivity index (χ0v) is 20.7. The normalized spacial score (nSPS) is 14.1. The van der Waals surface area contributed by atoms with Crippen molar-refractivity contribution in [2.24, 2.45) is 0 Å². The molecule has 1 saturated heterocycles. The Hall–Kier alpha value is -3.84. The molecule has 4 rings (SSSR count). The minimum atomic E-state index is 0.0207. The molecule has 0 aliphatic carbocycles. The second-order valence-electron chi connectivity index (χ2n) is 8.45. The summed E-state index contributed by atoms with van der Waals surface area (Å²) in [5.41, 5.74) is 2.08. The van der Waals surface area contributed by atoms with Gasteiger partial charge in [0.1, 0.15) is 19.0 Å². The summed E-state index contributed by atoms with van der Waals surface area (Å²) in [6, 6.07) is 19.4. The molecule has 1 aliphatic rings. The van der Waals surface area contributed by atoms with Gasteiger partial charge in [0.15, 0.2) is 11.5 Å². The molecule has 0 N–H and O–H groups in total. The number of pyridine rings is 1. The highest BCUT2D eigenvalue weighted by Gasteiger charge is 2.19. The molecular formula is C29H33N3O4.